The molecule has 0 saturated heterocycles. The molecule has 1 heterocycles. The number of carbonyl (C=O) groups excluding carboxylic acids is 1. The lowest BCUT2D eigenvalue weighted by Crippen LogP contribution is -2.02. The number of carbonyl (C=O) groups is 1. The minimum absolute atomic E-state index is 0.382. The summed E-state index contributed by atoms with van der Waals surface area (Å²) in [4.78, 5) is 11.5. The zero-order valence-electron chi connectivity index (χ0n) is 8.30. The molecule has 0 aliphatic rings. The van der Waals surface area contributed by atoms with E-state index < -0.39 is 0 Å². The van der Waals surface area contributed by atoms with Crippen molar-refractivity contribution in [1.82, 2.24) is 10.2 Å². The fraction of sp³-hybridized carbons (Fsp3) is 0.200. The molecule has 0 fully saturated rings. The van der Waals surface area contributed by atoms with E-state index in [1.165, 1.54) is 7.11 Å². The van der Waals surface area contributed by atoms with Crippen molar-refractivity contribution in [2.24, 2.45) is 0 Å². The first-order valence-corrected chi connectivity index (χ1v) is 5.15. The summed E-state index contributed by atoms with van der Waals surface area (Å²) in [6.07, 6.45) is 0. The molecule has 0 unspecified atom stereocenters. The number of fused-ring (bicyclic) bond motifs is 1. The molecule has 0 aliphatic heterocycles. The molecule has 1 aromatic carbocycles. The highest BCUT2D eigenvalue weighted by atomic mass is 79.9. The summed E-state index contributed by atoms with van der Waals surface area (Å²) in [6, 6.07) is 3.62. The van der Waals surface area contributed by atoms with Crippen LogP contribution in [-0.2, 0) is 4.74 Å². The van der Waals surface area contributed by atoms with Crippen molar-refractivity contribution in [1.29, 1.82) is 0 Å². The Morgan fingerprint density at radius 2 is 2.27 bits per heavy atom. The van der Waals surface area contributed by atoms with Crippen LogP contribution in [0.5, 0.6) is 0 Å². The minimum atomic E-state index is -0.382. The highest BCUT2D eigenvalue weighted by Gasteiger charge is 2.15. The molecule has 15 heavy (non-hydrogen) atoms. The van der Waals surface area contributed by atoms with Crippen molar-refractivity contribution in [3.05, 3.63) is 27.9 Å². The molecule has 1 N–H and O–H groups in total. The van der Waals surface area contributed by atoms with Crippen LogP contribution in [0.25, 0.3) is 10.9 Å². The van der Waals surface area contributed by atoms with Gasteiger partial charge in [-0.15, -0.1) is 0 Å². The van der Waals surface area contributed by atoms with Crippen LogP contribution in [0.4, 0.5) is 0 Å². The number of aryl methyl sites for hydroxylation is 1. The standard InChI is InChI=1S/C10H9BrN2O2/c1-5-7-3-6(11)4-8(10(14)15-2)9(7)13-12-5/h3-4H,1-2H3,(H,12,13). The zero-order valence-corrected chi connectivity index (χ0v) is 9.88. The molecule has 0 saturated carbocycles. The number of hydrogen-bond donors (Lipinski definition) is 1. The van der Waals surface area contributed by atoms with Crippen LogP contribution in [0.2, 0.25) is 0 Å². The number of methoxy groups -OCH3 is 1. The second kappa shape index (κ2) is 3.66. The van der Waals surface area contributed by atoms with Gasteiger partial charge in [0.1, 0.15) is 5.52 Å². The van der Waals surface area contributed by atoms with E-state index in [-0.39, 0.29) is 5.97 Å². The van der Waals surface area contributed by atoms with Gasteiger partial charge in [0.15, 0.2) is 0 Å². The highest BCUT2D eigenvalue weighted by molar-refractivity contribution is 9.10. The van der Waals surface area contributed by atoms with Gasteiger partial charge in [0, 0.05) is 15.6 Å². The maximum absolute atomic E-state index is 11.5. The molecule has 1 aromatic heterocycles. The van der Waals surface area contributed by atoms with Crippen LogP contribution in [0, 0.1) is 6.92 Å². The topological polar surface area (TPSA) is 55.0 Å². The van der Waals surface area contributed by atoms with Crippen molar-refractivity contribution in [2.45, 2.75) is 6.92 Å². The summed E-state index contributed by atoms with van der Waals surface area (Å²) < 4.78 is 5.53. The first-order chi connectivity index (χ1) is 7.13. The molecule has 2 aromatic rings. The van der Waals surface area contributed by atoms with E-state index in [0.29, 0.717) is 11.1 Å². The third-order valence-corrected chi connectivity index (χ3v) is 2.68. The van der Waals surface area contributed by atoms with Gasteiger partial charge in [0.05, 0.1) is 12.7 Å². The Hall–Kier alpha value is -1.36. The monoisotopic (exact) mass is 268 g/mol. The molecule has 0 amide bonds. The van der Waals surface area contributed by atoms with E-state index in [1.54, 1.807) is 6.07 Å². The largest absolute Gasteiger partial charge is 0.465 e. The Labute approximate surface area is 94.7 Å². The molecule has 0 radical (unpaired) electrons. The van der Waals surface area contributed by atoms with Crippen molar-refractivity contribution >= 4 is 32.8 Å². The van der Waals surface area contributed by atoms with Crippen LogP contribution in [0.15, 0.2) is 16.6 Å². The quantitative estimate of drug-likeness (QED) is 0.809. The SMILES string of the molecule is COC(=O)c1cc(Br)cc2c(C)[nH]nc12. The van der Waals surface area contributed by atoms with Crippen molar-refractivity contribution < 1.29 is 9.53 Å². The predicted octanol–water partition coefficient (Wildman–Crippen LogP) is 2.42. The number of hydrogen-bond acceptors (Lipinski definition) is 3. The van der Waals surface area contributed by atoms with Crippen LogP contribution in [0.3, 0.4) is 0 Å². The summed E-state index contributed by atoms with van der Waals surface area (Å²) in [5.74, 6) is -0.382. The second-order valence-corrected chi connectivity index (χ2v) is 4.11. The minimum Gasteiger partial charge on any atom is -0.465 e. The fourth-order valence-electron chi connectivity index (χ4n) is 1.47. The smallest absolute Gasteiger partial charge is 0.340 e. The second-order valence-electron chi connectivity index (χ2n) is 3.19. The number of nitrogens with zero attached hydrogens (tertiary/aromatic N) is 1. The van der Waals surface area contributed by atoms with E-state index in [0.717, 1.165) is 15.6 Å². The molecule has 0 atom stereocenters. The number of rotatable bonds is 1. The van der Waals surface area contributed by atoms with Crippen LogP contribution < -0.4 is 0 Å². The molecule has 0 spiro atoms. The average Bonchev–Trinajstić information content (AvgIpc) is 2.58. The number of H-pyrrole nitrogens is 1. The summed E-state index contributed by atoms with van der Waals surface area (Å²) >= 11 is 3.35. The van der Waals surface area contributed by atoms with E-state index in [1.807, 2.05) is 13.0 Å². The third-order valence-electron chi connectivity index (χ3n) is 2.22. The summed E-state index contributed by atoms with van der Waals surface area (Å²) in [6.45, 7) is 1.91. The van der Waals surface area contributed by atoms with Crippen LogP contribution in [-0.4, -0.2) is 23.3 Å². The number of aromatic amines is 1. The number of halogens is 1. The van der Waals surface area contributed by atoms with Gasteiger partial charge in [-0.2, -0.15) is 5.10 Å². The summed E-state index contributed by atoms with van der Waals surface area (Å²) in [5, 5.41) is 7.85. The Balaban J connectivity index is 2.78. The Bertz CT molecular complexity index is 533. The highest BCUT2D eigenvalue weighted by Crippen LogP contribution is 2.25. The molecule has 78 valence electrons. The molecular formula is C10H9BrN2O2. The molecular weight excluding hydrogens is 260 g/mol. The maximum atomic E-state index is 11.5. The number of aromatic nitrogens is 2. The lowest BCUT2D eigenvalue weighted by molar-refractivity contribution is 0.0602. The Kier molecular flexibility index (Phi) is 2.48. The van der Waals surface area contributed by atoms with E-state index in [9.17, 15) is 4.79 Å². The van der Waals surface area contributed by atoms with Gasteiger partial charge >= 0.3 is 5.97 Å². The number of nitrogens with one attached hydrogen (secondary N) is 1. The molecule has 0 bridgehead atoms. The van der Waals surface area contributed by atoms with Crippen LogP contribution >= 0.6 is 15.9 Å². The van der Waals surface area contributed by atoms with Crippen LogP contribution in [0.1, 0.15) is 16.1 Å². The van der Waals surface area contributed by atoms with E-state index in [4.69, 9.17) is 4.74 Å². The van der Waals surface area contributed by atoms with Crippen molar-refractivity contribution in [3.63, 3.8) is 0 Å². The van der Waals surface area contributed by atoms with Crippen molar-refractivity contribution in [3.8, 4) is 0 Å². The van der Waals surface area contributed by atoms with Crippen molar-refractivity contribution in [2.75, 3.05) is 7.11 Å². The lowest BCUT2D eigenvalue weighted by Gasteiger charge is -2.01. The van der Waals surface area contributed by atoms with Gasteiger partial charge in [-0.3, -0.25) is 5.10 Å². The van der Waals surface area contributed by atoms with Gasteiger partial charge in [0.2, 0.25) is 0 Å². The van der Waals surface area contributed by atoms with E-state index in [2.05, 4.69) is 26.1 Å². The zero-order chi connectivity index (χ0) is 11.0. The molecule has 2 rings (SSSR count). The van der Waals surface area contributed by atoms with Gasteiger partial charge in [-0.25, -0.2) is 4.79 Å². The number of esters is 1. The first-order valence-electron chi connectivity index (χ1n) is 4.36. The Morgan fingerprint density at radius 3 is 2.93 bits per heavy atom. The third kappa shape index (κ3) is 1.63. The predicted molar refractivity (Wildman–Crippen MR) is 59.9 cm³/mol. The molecule has 5 heteroatoms. The summed E-state index contributed by atoms with van der Waals surface area (Å²) in [5.41, 5.74) is 2.03. The van der Waals surface area contributed by atoms with E-state index >= 15 is 0 Å². The molecule has 4 nitrogen and oxygen atoms in total. The van der Waals surface area contributed by atoms with Gasteiger partial charge in [0.25, 0.3) is 0 Å². The number of benzene rings is 1. The molecule has 0 aliphatic carbocycles. The Morgan fingerprint density at radius 1 is 1.53 bits per heavy atom. The lowest BCUT2D eigenvalue weighted by atomic mass is 10.1. The first kappa shape index (κ1) is 10.2. The number of ether oxygens (including phenoxy) is 1. The van der Waals surface area contributed by atoms with Gasteiger partial charge in [-0.1, -0.05) is 15.9 Å². The maximum Gasteiger partial charge on any atom is 0.340 e. The summed E-state index contributed by atoms with van der Waals surface area (Å²) in [7, 11) is 1.36. The normalized spacial score (nSPS) is 10.6. The fourth-order valence-corrected chi connectivity index (χ4v) is 1.93. The average molecular weight is 269 g/mol. The van der Waals surface area contributed by atoms with Gasteiger partial charge in [-0.05, 0) is 19.1 Å². The van der Waals surface area contributed by atoms with Gasteiger partial charge < -0.3 is 4.74 Å².